The van der Waals surface area contributed by atoms with Gasteiger partial charge in [-0.2, -0.15) is 5.10 Å². The molecule has 76 valence electrons. The molecule has 5 nitrogen and oxygen atoms in total. The Kier molecular flexibility index (Phi) is 2.37. The summed E-state index contributed by atoms with van der Waals surface area (Å²) in [4.78, 5) is 13.2. The molecule has 0 radical (unpaired) electrons. The third-order valence-corrected chi connectivity index (χ3v) is 1.91. The van der Waals surface area contributed by atoms with E-state index in [0.717, 1.165) is 16.6 Å². The molecule has 0 saturated carbocycles. The van der Waals surface area contributed by atoms with Gasteiger partial charge in [0.2, 0.25) is 0 Å². The molecule has 0 unspecified atom stereocenters. The number of carboxylic acid groups (broad SMARTS) is 1. The van der Waals surface area contributed by atoms with E-state index >= 15 is 0 Å². The van der Waals surface area contributed by atoms with Crippen molar-refractivity contribution < 1.29 is 9.90 Å². The normalized spacial score (nSPS) is 10.9. The standard InChI is InChI=1S/C10H9N3O2/c14-10(15)13-11-6-8-5-7-3-1-2-4-9(7)12-8/h1-6,12-13H,(H,14,15)/b11-6+. The number of benzene rings is 1. The number of hydrogen-bond donors (Lipinski definition) is 3. The number of hydrogen-bond acceptors (Lipinski definition) is 2. The molecule has 0 aliphatic heterocycles. The molecule has 1 aromatic heterocycles. The molecular weight excluding hydrogens is 194 g/mol. The number of amides is 1. The molecule has 1 aromatic carbocycles. The number of nitrogens with one attached hydrogen (secondary N) is 2. The zero-order chi connectivity index (χ0) is 10.7. The first kappa shape index (κ1) is 9.26. The van der Waals surface area contributed by atoms with Gasteiger partial charge in [-0.25, -0.2) is 10.2 Å². The van der Waals surface area contributed by atoms with Crippen molar-refractivity contribution in [3.05, 3.63) is 36.0 Å². The average molecular weight is 203 g/mol. The Labute approximate surface area is 85.4 Å². The summed E-state index contributed by atoms with van der Waals surface area (Å²) < 4.78 is 0. The van der Waals surface area contributed by atoms with Crippen molar-refractivity contribution in [3.63, 3.8) is 0 Å². The van der Waals surface area contributed by atoms with Crippen molar-refractivity contribution in [2.75, 3.05) is 0 Å². The van der Waals surface area contributed by atoms with Gasteiger partial charge in [-0.05, 0) is 12.1 Å². The summed E-state index contributed by atoms with van der Waals surface area (Å²) >= 11 is 0. The molecule has 0 aliphatic rings. The monoisotopic (exact) mass is 203 g/mol. The van der Waals surface area contributed by atoms with Gasteiger partial charge < -0.3 is 10.1 Å². The van der Waals surface area contributed by atoms with Crippen molar-refractivity contribution in [1.82, 2.24) is 10.4 Å². The van der Waals surface area contributed by atoms with Gasteiger partial charge in [0, 0.05) is 10.9 Å². The van der Waals surface area contributed by atoms with Gasteiger partial charge >= 0.3 is 6.09 Å². The molecule has 0 aliphatic carbocycles. The van der Waals surface area contributed by atoms with Crippen molar-refractivity contribution >= 4 is 23.2 Å². The smallest absolute Gasteiger partial charge is 0.425 e. The van der Waals surface area contributed by atoms with Crippen LogP contribution in [0, 0.1) is 0 Å². The van der Waals surface area contributed by atoms with Crippen molar-refractivity contribution in [2.24, 2.45) is 5.10 Å². The number of aromatic amines is 1. The minimum absolute atomic E-state index is 0.755. The number of fused-ring (bicyclic) bond motifs is 1. The van der Waals surface area contributed by atoms with E-state index in [0.29, 0.717) is 0 Å². The summed E-state index contributed by atoms with van der Waals surface area (Å²) in [6, 6.07) is 9.66. The highest BCUT2D eigenvalue weighted by Crippen LogP contribution is 2.12. The molecule has 0 fully saturated rings. The Balaban J connectivity index is 2.22. The van der Waals surface area contributed by atoms with Crippen molar-refractivity contribution in [3.8, 4) is 0 Å². The fraction of sp³-hybridized carbons (Fsp3) is 0. The predicted molar refractivity (Wildman–Crippen MR) is 57.1 cm³/mol. The van der Waals surface area contributed by atoms with Gasteiger partial charge in [0.05, 0.1) is 11.9 Å². The maximum Gasteiger partial charge on any atom is 0.425 e. The average Bonchev–Trinajstić information content (AvgIpc) is 2.59. The van der Waals surface area contributed by atoms with Crippen LogP contribution >= 0.6 is 0 Å². The van der Waals surface area contributed by atoms with Crippen LogP contribution in [0.5, 0.6) is 0 Å². The highest BCUT2D eigenvalue weighted by Gasteiger charge is 1.96. The number of carbonyl (C=O) groups is 1. The number of H-pyrrole nitrogens is 1. The Hall–Kier alpha value is -2.30. The van der Waals surface area contributed by atoms with E-state index < -0.39 is 6.09 Å². The zero-order valence-corrected chi connectivity index (χ0v) is 7.77. The largest absolute Gasteiger partial charge is 0.464 e. The molecule has 2 rings (SSSR count). The molecular formula is C10H9N3O2. The molecule has 0 bridgehead atoms. The van der Waals surface area contributed by atoms with Crippen LogP contribution in [-0.2, 0) is 0 Å². The highest BCUT2D eigenvalue weighted by atomic mass is 16.4. The van der Waals surface area contributed by atoms with E-state index in [2.05, 4.69) is 10.1 Å². The fourth-order valence-electron chi connectivity index (χ4n) is 1.32. The van der Waals surface area contributed by atoms with Crippen LogP contribution in [0.3, 0.4) is 0 Å². The van der Waals surface area contributed by atoms with Gasteiger partial charge in [-0.1, -0.05) is 18.2 Å². The number of para-hydroxylation sites is 1. The van der Waals surface area contributed by atoms with E-state index in [1.807, 2.05) is 35.8 Å². The summed E-state index contributed by atoms with van der Waals surface area (Å²) in [5.74, 6) is 0. The first-order valence-corrected chi connectivity index (χ1v) is 4.35. The first-order chi connectivity index (χ1) is 7.25. The second-order valence-electron chi connectivity index (χ2n) is 2.99. The number of hydrazone groups is 1. The molecule has 1 amide bonds. The van der Waals surface area contributed by atoms with E-state index in [-0.39, 0.29) is 0 Å². The van der Waals surface area contributed by atoms with Crippen LogP contribution in [0.1, 0.15) is 5.69 Å². The minimum Gasteiger partial charge on any atom is -0.464 e. The third-order valence-electron chi connectivity index (χ3n) is 1.91. The highest BCUT2D eigenvalue weighted by molar-refractivity contribution is 5.89. The molecule has 2 aromatic rings. The lowest BCUT2D eigenvalue weighted by atomic mass is 10.2. The minimum atomic E-state index is -1.18. The summed E-state index contributed by atoms with van der Waals surface area (Å²) in [7, 11) is 0. The molecule has 15 heavy (non-hydrogen) atoms. The lowest BCUT2D eigenvalue weighted by Gasteiger charge is -1.87. The van der Waals surface area contributed by atoms with Crippen molar-refractivity contribution in [2.45, 2.75) is 0 Å². The molecule has 0 spiro atoms. The molecule has 5 heteroatoms. The summed E-state index contributed by atoms with van der Waals surface area (Å²) in [6.07, 6.45) is 0.246. The summed E-state index contributed by atoms with van der Waals surface area (Å²) in [6.45, 7) is 0. The van der Waals surface area contributed by atoms with Crippen LogP contribution in [0.25, 0.3) is 10.9 Å². The number of nitrogens with zero attached hydrogens (tertiary/aromatic N) is 1. The Morgan fingerprint density at radius 3 is 3.00 bits per heavy atom. The Morgan fingerprint density at radius 2 is 2.27 bits per heavy atom. The number of aromatic nitrogens is 1. The fourth-order valence-corrected chi connectivity index (χ4v) is 1.32. The maximum atomic E-state index is 10.1. The zero-order valence-electron chi connectivity index (χ0n) is 7.77. The van der Waals surface area contributed by atoms with Crippen LogP contribution < -0.4 is 5.43 Å². The van der Waals surface area contributed by atoms with E-state index in [1.54, 1.807) is 0 Å². The van der Waals surface area contributed by atoms with Crippen LogP contribution in [0.4, 0.5) is 4.79 Å². The summed E-state index contributed by atoms with van der Waals surface area (Å²) in [5.41, 5.74) is 3.65. The Morgan fingerprint density at radius 1 is 1.47 bits per heavy atom. The van der Waals surface area contributed by atoms with Crippen LogP contribution in [0.2, 0.25) is 0 Å². The second-order valence-corrected chi connectivity index (χ2v) is 2.99. The third kappa shape index (κ3) is 2.14. The molecule has 1 heterocycles. The van der Waals surface area contributed by atoms with Crippen LogP contribution in [0.15, 0.2) is 35.4 Å². The van der Waals surface area contributed by atoms with Gasteiger partial charge in [0.15, 0.2) is 0 Å². The Bertz CT molecular complexity index is 483. The van der Waals surface area contributed by atoms with E-state index in [1.165, 1.54) is 6.21 Å². The van der Waals surface area contributed by atoms with Gasteiger partial charge in [0.25, 0.3) is 0 Å². The lowest BCUT2D eigenvalue weighted by Crippen LogP contribution is -2.13. The molecule has 0 atom stereocenters. The first-order valence-electron chi connectivity index (χ1n) is 4.35. The predicted octanol–water partition coefficient (Wildman–Crippen LogP) is 1.77. The van der Waals surface area contributed by atoms with Crippen molar-refractivity contribution in [1.29, 1.82) is 0 Å². The molecule has 3 N–H and O–H groups in total. The van der Waals surface area contributed by atoms with Gasteiger partial charge in [0.1, 0.15) is 0 Å². The van der Waals surface area contributed by atoms with Crippen LogP contribution in [-0.4, -0.2) is 22.4 Å². The van der Waals surface area contributed by atoms with E-state index in [9.17, 15) is 4.79 Å². The maximum absolute atomic E-state index is 10.1. The lowest BCUT2D eigenvalue weighted by molar-refractivity contribution is 0.195. The summed E-state index contributed by atoms with van der Waals surface area (Å²) in [5, 5.41) is 12.9. The quantitative estimate of drug-likeness (QED) is 0.513. The SMILES string of the molecule is O=C(O)N/N=C/c1cc2ccccc2[nH]1. The molecule has 0 saturated heterocycles. The second kappa shape index (κ2) is 3.83. The van der Waals surface area contributed by atoms with E-state index in [4.69, 9.17) is 5.11 Å². The van der Waals surface area contributed by atoms with Gasteiger partial charge in [-0.3, -0.25) is 0 Å². The topological polar surface area (TPSA) is 77.5 Å². The number of rotatable bonds is 2. The van der Waals surface area contributed by atoms with Gasteiger partial charge in [-0.15, -0.1) is 0 Å².